The summed E-state index contributed by atoms with van der Waals surface area (Å²) in [7, 11) is 0. The minimum absolute atomic E-state index is 0.00398. The molecule has 140 valence electrons. The molecule has 2 heterocycles. The van der Waals surface area contributed by atoms with Gasteiger partial charge in [0.25, 0.3) is 5.91 Å². The van der Waals surface area contributed by atoms with E-state index in [4.69, 9.17) is 4.74 Å². The molecule has 2 aromatic carbocycles. The number of nitrogens with zero attached hydrogens (tertiary/aromatic N) is 1. The maximum Gasteiger partial charge on any atom is 0.253 e. The fourth-order valence-electron chi connectivity index (χ4n) is 3.83. The summed E-state index contributed by atoms with van der Waals surface area (Å²) in [6.45, 7) is 4.41. The van der Waals surface area contributed by atoms with E-state index in [2.05, 4.69) is 17.4 Å². The van der Waals surface area contributed by atoms with Crippen molar-refractivity contribution in [2.45, 2.75) is 19.8 Å². The molecular weight excluding hydrogens is 340 g/mol. The minimum atomic E-state index is -0.0956. The van der Waals surface area contributed by atoms with Gasteiger partial charge in [0.05, 0.1) is 12.5 Å². The molecule has 0 aromatic heterocycles. The first-order chi connectivity index (χ1) is 13.2. The van der Waals surface area contributed by atoms with Crippen molar-refractivity contribution in [1.82, 2.24) is 10.2 Å². The molecule has 0 radical (unpaired) electrons. The Kier molecular flexibility index (Phi) is 4.84. The van der Waals surface area contributed by atoms with Crippen molar-refractivity contribution >= 4 is 11.8 Å². The molecule has 2 aliphatic rings. The predicted molar refractivity (Wildman–Crippen MR) is 104 cm³/mol. The van der Waals surface area contributed by atoms with E-state index in [1.165, 1.54) is 5.56 Å². The van der Waals surface area contributed by atoms with Gasteiger partial charge in [0.1, 0.15) is 5.75 Å². The van der Waals surface area contributed by atoms with Crippen LogP contribution in [0.15, 0.2) is 42.5 Å². The van der Waals surface area contributed by atoms with Crippen molar-refractivity contribution in [2.75, 3.05) is 26.2 Å². The van der Waals surface area contributed by atoms with Crippen LogP contribution >= 0.6 is 0 Å². The van der Waals surface area contributed by atoms with Gasteiger partial charge in [-0.25, -0.2) is 0 Å². The van der Waals surface area contributed by atoms with E-state index in [1.54, 1.807) is 4.90 Å². The van der Waals surface area contributed by atoms with Crippen molar-refractivity contribution in [2.24, 2.45) is 5.92 Å². The van der Waals surface area contributed by atoms with Crippen LogP contribution in [0.2, 0.25) is 0 Å². The molecule has 1 atom stereocenters. The number of rotatable bonds is 4. The van der Waals surface area contributed by atoms with E-state index in [1.807, 2.05) is 37.3 Å². The van der Waals surface area contributed by atoms with Crippen molar-refractivity contribution in [3.8, 4) is 16.9 Å². The Balaban J connectivity index is 1.45. The highest BCUT2D eigenvalue weighted by molar-refractivity contribution is 5.95. The van der Waals surface area contributed by atoms with Crippen LogP contribution in [0.25, 0.3) is 11.1 Å². The van der Waals surface area contributed by atoms with Crippen molar-refractivity contribution in [3.63, 3.8) is 0 Å². The number of benzene rings is 2. The van der Waals surface area contributed by atoms with Gasteiger partial charge in [-0.1, -0.05) is 18.2 Å². The van der Waals surface area contributed by atoms with Crippen LogP contribution in [0.4, 0.5) is 0 Å². The summed E-state index contributed by atoms with van der Waals surface area (Å²) in [5, 5.41) is 2.84. The zero-order valence-corrected chi connectivity index (χ0v) is 15.5. The molecule has 1 saturated heterocycles. The lowest BCUT2D eigenvalue weighted by Gasteiger charge is -2.17. The molecule has 5 nitrogen and oxygen atoms in total. The number of nitrogens with one attached hydrogen (secondary N) is 1. The molecule has 0 spiro atoms. The SMILES string of the molecule is CCNC(=O)C1CCN(C(=O)c2ccc(-c3ccc4c(c3)CCO4)cc2)C1. The molecule has 0 saturated carbocycles. The fourth-order valence-corrected chi connectivity index (χ4v) is 3.83. The highest BCUT2D eigenvalue weighted by Gasteiger charge is 2.31. The Bertz CT molecular complexity index is 860. The van der Waals surface area contributed by atoms with Crippen LogP contribution in [0, 0.1) is 5.92 Å². The van der Waals surface area contributed by atoms with E-state index in [-0.39, 0.29) is 17.7 Å². The average Bonchev–Trinajstić information content (AvgIpc) is 3.36. The van der Waals surface area contributed by atoms with Crippen LogP contribution in [0.1, 0.15) is 29.3 Å². The molecule has 0 aliphatic carbocycles. The highest BCUT2D eigenvalue weighted by atomic mass is 16.5. The smallest absolute Gasteiger partial charge is 0.253 e. The molecule has 1 fully saturated rings. The van der Waals surface area contributed by atoms with E-state index in [0.717, 1.165) is 36.3 Å². The second-order valence-corrected chi connectivity index (χ2v) is 7.13. The van der Waals surface area contributed by atoms with Crippen LogP contribution < -0.4 is 10.1 Å². The van der Waals surface area contributed by atoms with Crippen LogP contribution in [-0.4, -0.2) is 43.0 Å². The third-order valence-corrected chi connectivity index (χ3v) is 5.35. The summed E-state index contributed by atoms with van der Waals surface area (Å²) >= 11 is 0. The van der Waals surface area contributed by atoms with E-state index in [9.17, 15) is 9.59 Å². The van der Waals surface area contributed by atoms with Gasteiger partial charge in [0.15, 0.2) is 0 Å². The number of hydrogen-bond donors (Lipinski definition) is 1. The second kappa shape index (κ2) is 7.43. The summed E-state index contributed by atoms with van der Waals surface area (Å²) in [6, 6.07) is 14.0. The Hall–Kier alpha value is -2.82. The van der Waals surface area contributed by atoms with Gasteiger partial charge < -0.3 is 15.0 Å². The first-order valence-electron chi connectivity index (χ1n) is 9.59. The normalized spacial score (nSPS) is 18.1. The Morgan fingerprint density at radius 2 is 1.93 bits per heavy atom. The van der Waals surface area contributed by atoms with Crippen LogP contribution in [-0.2, 0) is 11.2 Å². The maximum absolute atomic E-state index is 12.8. The Labute approximate surface area is 159 Å². The van der Waals surface area contributed by atoms with Gasteiger partial charge in [-0.15, -0.1) is 0 Å². The lowest BCUT2D eigenvalue weighted by Crippen LogP contribution is -2.34. The largest absolute Gasteiger partial charge is 0.493 e. The first-order valence-corrected chi connectivity index (χ1v) is 9.59. The average molecular weight is 364 g/mol. The molecule has 2 amide bonds. The van der Waals surface area contributed by atoms with Gasteiger partial charge in [0.2, 0.25) is 5.91 Å². The number of carbonyl (C=O) groups excluding carboxylic acids is 2. The lowest BCUT2D eigenvalue weighted by atomic mass is 10.0. The summed E-state index contributed by atoms with van der Waals surface area (Å²) in [5.41, 5.74) is 4.12. The quantitative estimate of drug-likeness (QED) is 0.908. The Morgan fingerprint density at radius 3 is 2.70 bits per heavy atom. The van der Waals surface area contributed by atoms with Gasteiger partial charge in [-0.2, -0.15) is 0 Å². The topological polar surface area (TPSA) is 58.6 Å². The molecule has 1 N–H and O–H groups in total. The first kappa shape index (κ1) is 17.6. The highest BCUT2D eigenvalue weighted by Crippen LogP contribution is 2.30. The van der Waals surface area contributed by atoms with Crippen molar-refractivity contribution in [3.05, 3.63) is 53.6 Å². The molecule has 5 heteroatoms. The maximum atomic E-state index is 12.8. The number of carbonyl (C=O) groups is 2. The number of amides is 2. The standard InChI is InChI=1S/C22H24N2O3/c1-2-23-21(25)19-9-11-24(14-19)22(26)16-5-3-15(4-6-16)17-7-8-20-18(13-17)10-12-27-20/h3-8,13,19H,2,9-12,14H2,1H3,(H,23,25). The molecule has 4 rings (SSSR count). The molecule has 0 bridgehead atoms. The minimum Gasteiger partial charge on any atom is -0.493 e. The summed E-state index contributed by atoms with van der Waals surface area (Å²) in [4.78, 5) is 26.5. The van der Waals surface area contributed by atoms with Gasteiger partial charge in [-0.3, -0.25) is 9.59 Å². The second-order valence-electron chi connectivity index (χ2n) is 7.13. The number of fused-ring (bicyclic) bond motifs is 1. The Morgan fingerprint density at radius 1 is 1.15 bits per heavy atom. The summed E-state index contributed by atoms with van der Waals surface area (Å²) in [6.07, 6.45) is 1.67. The zero-order chi connectivity index (χ0) is 18.8. The van der Waals surface area contributed by atoms with E-state index in [0.29, 0.717) is 25.2 Å². The fraction of sp³-hybridized carbons (Fsp3) is 0.364. The van der Waals surface area contributed by atoms with Crippen LogP contribution in [0.3, 0.4) is 0 Å². The number of hydrogen-bond acceptors (Lipinski definition) is 3. The van der Waals surface area contributed by atoms with E-state index >= 15 is 0 Å². The zero-order valence-electron chi connectivity index (χ0n) is 15.5. The van der Waals surface area contributed by atoms with Gasteiger partial charge >= 0.3 is 0 Å². The predicted octanol–water partition coefficient (Wildman–Crippen LogP) is 2.89. The lowest BCUT2D eigenvalue weighted by molar-refractivity contribution is -0.124. The number of ether oxygens (including phenoxy) is 1. The molecule has 2 aromatic rings. The summed E-state index contributed by atoms with van der Waals surface area (Å²) < 4.78 is 5.56. The molecular formula is C22H24N2O3. The third-order valence-electron chi connectivity index (χ3n) is 5.35. The summed E-state index contributed by atoms with van der Waals surface area (Å²) in [5.74, 6) is 0.919. The molecule has 1 unspecified atom stereocenters. The van der Waals surface area contributed by atoms with E-state index < -0.39 is 0 Å². The van der Waals surface area contributed by atoms with Crippen molar-refractivity contribution < 1.29 is 14.3 Å². The van der Waals surface area contributed by atoms with Gasteiger partial charge in [-0.05, 0) is 54.3 Å². The third kappa shape index (κ3) is 3.54. The van der Waals surface area contributed by atoms with Crippen LogP contribution in [0.5, 0.6) is 5.75 Å². The molecule has 2 aliphatic heterocycles. The molecule has 27 heavy (non-hydrogen) atoms. The monoisotopic (exact) mass is 364 g/mol. The van der Waals surface area contributed by atoms with Crippen molar-refractivity contribution in [1.29, 1.82) is 0 Å². The number of likely N-dealkylation sites (tertiary alicyclic amines) is 1. The van der Waals surface area contributed by atoms with Gasteiger partial charge in [0, 0.05) is 31.6 Å².